The van der Waals surface area contributed by atoms with Crippen LogP contribution in [0, 0.1) is 17.8 Å². The van der Waals surface area contributed by atoms with Gasteiger partial charge in [-0.15, -0.1) is 0 Å². The Morgan fingerprint density at radius 3 is 2.74 bits per heavy atom. The van der Waals surface area contributed by atoms with Crippen molar-refractivity contribution in [2.24, 2.45) is 17.8 Å². The highest BCUT2D eigenvalue weighted by atomic mass is 16.5. The molecule has 0 radical (unpaired) electrons. The van der Waals surface area contributed by atoms with E-state index in [9.17, 15) is 9.90 Å². The molecule has 10 nitrogen and oxygen atoms in total. The zero-order chi connectivity index (χ0) is 23.6. The number of pyridine rings is 1. The van der Waals surface area contributed by atoms with Gasteiger partial charge in [-0.2, -0.15) is 4.98 Å². The van der Waals surface area contributed by atoms with E-state index < -0.39 is 5.60 Å². The SMILES string of the molecule is O=C(NC1CCOCC1)c1noc(-c2cnc3[nH]ccc3c2NC2C3CC4CC2CC(O)(C4)C3)n1. The van der Waals surface area contributed by atoms with Gasteiger partial charge in [0.05, 0.1) is 16.9 Å². The number of nitrogens with one attached hydrogen (secondary N) is 3. The summed E-state index contributed by atoms with van der Waals surface area (Å²) in [7, 11) is 0. The Hall–Kier alpha value is -2.98. The molecule has 0 spiro atoms. The molecule has 184 valence electrons. The zero-order valence-corrected chi connectivity index (χ0v) is 19.5. The first kappa shape index (κ1) is 21.3. The molecule has 1 saturated heterocycles. The first-order chi connectivity index (χ1) is 17.0. The number of carbonyl (C=O) groups excluding carboxylic acids is 1. The van der Waals surface area contributed by atoms with Gasteiger partial charge in [0.1, 0.15) is 5.65 Å². The summed E-state index contributed by atoms with van der Waals surface area (Å²) in [6.45, 7) is 1.28. The average molecular weight is 479 g/mol. The molecule has 8 rings (SSSR count). The minimum absolute atomic E-state index is 0.0171. The van der Waals surface area contributed by atoms with E-state index in [-0.39, 0.29) is 29.7 Å². The van der Waals surface area contributed by atoms with Crippen LogP contribution in [0.4, 0.5) is 5.69 Å². The van der Waals surface area contributed by atoms with Gasteiger partial charge < -0.3 is 30.0 Å². The molecule has 4 bridgehead atoms. The molecule has 5 fully saturated rings. The molecule has 35 heavy (non-hydrogen) atoms. The third-order valence-corrected chi connectivity index (χ3v) is 8.55. The normalized spacial score (nSPS) is 32.3. The summed E-state index contributed by atoms with van der Waals surface area (Å²) in [6, 6.07) is 2.32. The van der Waals surface area contributed by atoms with Crippen molar-refractivity contribution >= 4 is 22.6 Å². The summed E-state index contributed by atoms with van der Waals surface area (Å²) < 4.78 is 10.9. The Balaban J connectivity index is 1.19. The Morgan fingerprint density at radius 1 is 1.17 bits per heavy atom. The fraction of sp³-hybridized carbons (Fsp3) is 0.600. The lowest BCUT2D eigenvalue weighted by molar-refractivity contribution is -0.129. The van der Waals surface area contributed by atoms with Crippen LogP contribution in [0.15, 0.2) is 23.0 Å². The number of nitrogens with zero attached hydrogens (tertiary/aromatic N) is 3. The first-order valence-electron chi connectivity index (χ1n) is 12.7. The number of carbonyl (C=O) groups is 1. The number of rotatable bonds is 5. The quantitative estimate of drug-likeness (QED) is 0.439. The molecular formula is C25H30N6O4. The summed E-state index contributed by atoms with van der Waals surface area (Å²) in [5.74, 6) is 1.44. The number of ether oxygens (including phenoxy) is 1. The monoisotopic (exact) mass is 478 g/mol. The largest absolute Gasteiger partial charge is 0.390 e. The average Bonchev–Trinajstić information content (AvgIpc) is 3.51. The predicted octanol–water partition coefficient (Wildman–Crippen LogP) is 2.87. The van der Waals surface area contributed by atoms with Crippen molar-refractivity contribution in [3.8, 4) is 11.5 Å². The number of hydrogen-bond acceptors (Lipinski definition) is 8. The highest BCUT2D eigenvalue weighted by molar-refractivity contribution is 5.97. The molecule has 0 aromatic carbocycles. The molecule has 4 N–H and O–H groups in total. The fourth-order valence-corrected chi connectivity index (χ4v) is 7.23. The lowest BCUT2D eigenvalue weighted by Crippen LogP contribution is -2.59. The van der Waals surface area contributed by atoms with Crippen molar-refractivity contribution in [2.75, 3.05) is 18.5 Å². The van der Waals surface area contributed by atoms with Crippen molar-refractivity contribution in [3.63, 3.8) is 0 Å². The van der Waals surface area contributed by atoms with E-state index in [2.05, 4.69) is 30.7 Å². The van der Waals surface area contributed by atoms with Crippen LogP contribution in [0.1, 0.15) is 55.6 Å². The number of hydrogen-bond donors (Lipinski definition) is 4. The van der Waals surface area contributed by atoms with Crippen LogP contribution in [-0.2, 0) is 4.74 Å². The van der Waals surface area contributed by atoms with Crippen LogP contribution >= 0.6 is 0 Å². The molecule has 10 heteroatoms. The van der Waals surface area contributed by atoms with Crippen LogP contribution in [0.25, 0.3) is 22.5 Å². The van der Waals surface area contributed by atoms with Crippen LogP contribution in [0.2, 0.25) is 0 Å². The van der Waals surface area contributed by atoms with Gasteiger partial charge in [-0.3, -0.25) is 4.79 Å². The maximum Gasteiger partial charge on any atom is 0.292 e. The van der Waals surface area contributed by atoms with Gasteiger partial charge in [-0.25, -0.2) is 4.98 Å². The Morgan fingerprint density at radius 2 is 1.97 bits per heavy atom. The summed E-state index contributed by atoms with van der Waals surface area (Å²) in [5, 5.41) is 22.7. The summed E-state index contributed by atoms with van der Waals surface area (Å²) >= 11 is 0. The molecule has 2 atom stereocenters. The molecule has 4 aliphatic carbocycles. The van der Waals surface area contributed by atoms with Crippen LogP contribution in [0.3, 0.4) is 0 Å². The molecule has 1 amide bonds. The van der Waals surface area contributed by atoms with E-state index in [1.807, 2.05) is 12.3 Å². The second-order valence-electron chi connectivity index (χ2n) is 10.9. The molecular weight excluding hydrogens is 448 g/mol. The number of aromatic nitrogens is 4. The molecule has 4 heterocycles. The fourth-order valence-electron chi connectivity index (χ4n) is 7.23. The summed E-state index contributed by atoms with van der Waals surface area (Å²) in [5.41, 5.74) is 1.86. The maximum absolute atomic E-state index is 12.7. The van der Waals surface area contributed by atoms with Gasteiger partial charge in [0.15, 0.2) is 0 Å². The Kier molecular flexibility index (Phi) is 4.89. The molecule has 3 aromatic rings. The number of H-pyrrole nitrogens is 1. The molecule has 2 unspecified atom stereocenters. The summed E-state index contributed by atoms with van der Waals surface area (Å²) in [4.78, 5) is 24.9. The van der Waals surface area contributed by atoms with Gasteiger partial charge in [0, 0.05) is 43.1 Å². The van der Waals surface area contributed by atoms with Crippen molar-refractivity contribution in [1.82, 2.24) is 25.4 Å². The highest BCUT2D eigenvalue weighted by Gasteiger charge is 2.54. The second kappa shape index (κ2) is 8.03. The van der Waals surface area contributed by atoms with Gasteiger partial charge >= 0.3 is 0 Å². The molecule has 3 aromatic heterocycles. The number of fused-ring (bicyclic) bond motifs is 1. The van der Waals surface area contributed by atoms with E-state index in [0.29, 0.717) is 36.5 Å². The standard InChI is InChI=1S/C25H30N6O4/c32-23(28-16-2-5-34-6-3-16)22-30-24(35-31-22)18-12-27-21-17(1-4-26-21)20(18)29-19-14-7-13-8-15(19)11-25(33,9-13)10-14/h1,4,12-16,19,33H,2-3,5-11H2,(H,28,32)(H2,26,27,29). The van der Waals surface area contributed by atoms with Crippen molar-refractivity contribution < 1.29 is 19.2 Å². The Labute approximate surface area is 202 Å². The molecule has 1 aliphatic heterocycles. The van der Waals surface area contributed by atoms with Crippen LogP contribution < -0.4 is 10.6 Å². The lowest BCUT2D eigenvalue weighted by atomic mass is 9.52. The number of aliphatic hydroxyl groups is 1. The maximum atomic E-state index is 12.7. The van der Waals surface area contributed by atoms with E-state index in [1.165, 1.54) is 0 Å². The van der Waals surface area contributed by atoms with E-state index >= 15 is 0 Å². The van der Waals surface area contributed by atoms with E-state index in [1.54, 1.807) is 6.20 Å². The zero-order valence-electron chi connectivity index (χ0n) is 19.5. The number of anilines is 1. The molecule has 4 saturated carbocycles. The topological polar surface area (TPSA) is 138 Å². The third kappa shape index (κ3) is 3.70. The smallest absolute Gasteiger partial charge is 0.292 e. The van der Waals surface area contributed by atoms with Crippen LogP contribution in [0.5, 0.6) is 0 Å². The molecule has 5 aliphatic rings. The van der Waals surface area contributed by atoms with Gasteiger partial charge in [-0.05, 0) is 68.8 Å². The van der Waals surface area contributed by atoms with Crippen molar-refractivity contribution in [1.29, 1.82) is 0 Å². The lowest BCUT2D eigenvalue weighted by Gasteiger charge is -2.58. The van der Waals surface area contributed by atoms with Gasteiger partial charge in [0.2, 0.25) is 0 Å². The van der Waals surface area contributed by atoms with Gasteiger partial charge in [-0.1, -0.05) is 5.16 Å². The van der Waals surface area contributed by atoms with Gasteiger partial charge in [0.25, 0.3) is 17.6 Å². The summed E-state index contributed by atoms with van der Waals surface area (Å²) in [6.07, 6.45) is 10.1. The highest BCUT2D eigenvalue weighted by Crippen LogP contribution is 2.56. The minimum atomic E-state index is -0.488. The Bertz CT molecular complexity index is 1250. The predicted molar refractivity (Wildman–Crippen MR) is 127 cm³/mol. The first-order valence-corrected chi connectivity index (χ1v) is 12.7. The minimum Gasteiger partial charge on any atom is -0.390 e. The van der Waals surface area contributed by atoms with Crippen molar-refractivity contribution in [2.45, 2.75) is 62.6 Å². The van der Waals surface area contributed by atoms with E-state index in [0.717, 1.165) is 61.7 Å². The van der Waals surface area contributed by atoms with E-state index in [4.69, 9.17) is 9.26 Å². The van der Waals surface area contributed by atoms with Crippen molar-refractivity contribution in [3.05, 3.63) is 24.3 Å². The van der Waals surface area contributed by atoms with Crippen LogP contribution in [-0.4, -0.2) is 62.0 Å². The number of amides is 1. The number of aromatic amines is 1. The third-order valence-electron chi connectivity index (χ3n) is 8.55. The second-order valence-corrected chi connectivity index (χ2v) is 10.9.